The third-order valence-corrected chi connectivity index (χ3v) is 7.43. The highest BCUT2D eigenvalue weighted by molar-refractivity contribution is 5.95. The Kier molecular flexibility index (Phi) is 13.9. The highest BCUT2D eigenvalue weighted by Gasteiger charge is 2.46. The summed E-state index contributed by atoms with van der Waals surface area (Å²) in [5.74, 6) is -2.39. The normalized spacial score (nSPS) is 19.2. The topological polar surface area (TPSA) is 179 Å². The number of azide groups is 1. The molecular formula is C33H43N3O10. The number of ether oxygens (including phenoxy) is 6. The van der Waals surface area contributed by atoms with Crippen molar-refractivity contribution < 1.29 is 48.2 Å². The zero-order chi connectivity index (χ0) is 33.7. The number of aromatic carboxylic acids is 1. The van der Waals surface area contributed by atoms with Crippen LogP contribution in [0.3, 0.4) is 0 Å². The SMILES string of the molecule is COCOc1cc(OCCN=[N+]=[N-])cc(C=CCC2OC(C)(C)O[C@@H]2[C@@H](CC[C@@H](C)[C@H](C)O)OC(=O)c2ccccc2)c1C(=O)O. The fraction of sp³-hybridized carbons (Fsp3) is 0.515. The molecule has 0 aliphatic carbocycles. The van der Waals surface area contributed by atoms with Crippen molar-refractivity contribution >= 4 is 18.0 Å². The Morgan fingerprint density at radius 1 is 1.13 bits per heavy atom. The van der Waals surface area contributed by atoms with Gasteiger partial charge in [0.15, 0.2) is 12.6 Å². The van der Waals surface area contributed by atoms with E-state index in [2.05, 4.69) is 10.0 Å². The van der Waals surface area contributed by atoms with Gasteiger partial charge >= 0.3 is 11.9 Å². The summed E-state index contributed by atoms with van der Waals surface area (Å²) in [5, 5.41) is 23.6. The Morgan fingerprint density at radius 2 is 1.87 bits per heavy atom. The van der Waals surface area contributed by atoms with Gasteiger partial charge in [-0.05, 0) is 75.2 Å². The quantitative estimate of drug-likeness (QED) is 0.0489. The van der Waals surface area contributed by atoms with Crippen molar-refractivity contribution in [2.75, 3.05) is 27.1 Å². The van der Waals surface area contributed by atoms with Crippen LogP contribution in [0.4, 0.5) is 0 Å². The van der Waals surface area contributed by atoms with Crippen LogP contribution in [0.15, 0.2) is 53.7 Å². The van der Waals surface area contributed by atoms with E-state index >= 15 is 0 Å². The van der Waals surface area contributed by atoms with Crippen molar-refractivity contribution in [3.8, 4) is 11.5 Å². The van der Waals surface area contributed by atoms with E-state index in [0.29, 0.717) is 29.7 Å². The number of carboxylic acid groups (broad SMARTS) is 1. The summed E-state index contributed by atoms with van der Waals surface area (Å²) in [6.07, 6.45) is 2.23. The van der Waals surface area contributed by atoms with Crippen molar-refractivity contribution in [1.82, 2.24) is 0 Å². The molecule has 13 heteroatoms. The van der Waals surface area contributed by atoms with Gasteiger partial charge in [0.2, 0.25) is 0 Å². The minimum Gasteiger partial charge on any atom is -0.493 e. The molecular weight excluding hydrogens is 598 g/mol. The number of benzene rings is 2. The number of hydrogen-bond acceptors (Lipinski definition) is 10. The van der Waals surface area contributed by atoms with Crippen LogP contribution in [0.2, 0.25) is 0 Å². The zero-order valence-corrected chi connectivity index (χ0v) is 26.8. The van der Waals surface area contributed by atoms with Crippen molar-refractivity contribution in [3.63, 3.8) is 0 Å². The first-order chi connectivity index (χ1) is 22.0. The minimum absolute atomic E-state index is 0.0369. The molecule has 0 spiro atoms. The first kappa shape index (κ1) is 36.3. The van der Waals surface area contributed by atoms with Crippen molar-refractivity contribution in [1.29, 1.82) is 0 Å². The third kappa shape index (κ3) is 10.7. The number of methoxy groups -OCH3 is 1. The summed E-state index contributed by atoms with van der Waals surface area (Å²) in [6, 6.07) is 11.6. The Morgan fingerprint density at radius 3 is 2.52 bits per heavy atom. The summed E-state index contributed by atoms with van der Waals surface area (Å²) < 4.78 is 34.7. The number of aliphatic hydroxyl groups is 1. The molecule has 0 aromatic heterocycles. The van der Waals surface area contributed by atoms with Crippen LogP contribution in [0, 0.1) is 5.92 Å². The fourth-order valence-electron chi connectivity index (χ4n) is 4.97. The van der Waals surface area contributed by atoms with Gasteiger partial charge in [-0.15, -0.1) is 0 Å². The molecule has 3 rings (SSSR count). The average Bonchev–Trinajstić information content (AvgIpc) is 3.33. The van der Waals surface area contributed by atoms with E-state index in [1.54, 1.807) is 63.3 Å². The van der Waals surface area contributed by atoms with Crippen LogP contribution in [0.5, 0.6) is 11.5 Å². The molecule has 250 valence electrons. The summed E-state index contributed by atoms with van der Waals surface area (Å²) in [4.78, 5) is 28.1. The lowest BCUT2D eigenvalue weighted by Crippen LogP contribution is -2.39. The molecule has 13 nitrogen and oxygen atoms in total. The van der Waals surface area contributed by atoms with Crippen LogP contribution in [0.25, 0.3) is 16.5 Å². The number of esters is 1. The smallest absolute Gasteiger partial charge is 0.340 e. The largest absolute Gasteiger partial charge is 0.493 e. The van der Waals surface area contributed by atoms with Gasteiger partial charge in [0.05, 0.1) is 30.9 Å². The Hall–Kier alpha value is -4.13. The van der Waals surface area contributed by atoms with Crippen LogP contribution in [0.1, 0.15) is 73.2 Å². The van der Waals surface area contributed by atoms with Gasteiger partial charge in [0.25, 0.3) is 0 Å². The van der Waals surface area contributed by atoms with E-state index in [1.807, 2.05) is 13.0 Å². The maximum atomic E-state index is 13.1. The van der Waals surface area contributed by atoms with Gasteiger partial charge in [-0.25, -0.2) is 9.59 Å². The molecule has 1 saturated heterocycles. The highest BCUT2D eigenvalue weighted by Crippen LogP contribution is 2.36. The number of carbonyl (C=O) groups is 2. The highest BCUT2D eigenvalue weighted by atomic mass is 16.8. The van der Waals surface area contributed by atoms with Crippen LogP contribution < -0.4 is 9.47 Å². The summed E-state index contributed by atoms with van der Waals surface area (Å²) >= 11 is 0. The molecule has 2 aromatic rings. The van der Waals surface area contributed by atoms with Gasteiger partial charge in [-0.2, -0.15) is 0 Å². The van der Waals surface area contributed by atoms with E-state index in [0.717, 1.165) is 0 Å². The number of hydrogen-bond donors (Lipinski definition) is 2. The molecule has 0 amide bonds. The van der Waals surface area contributed by atoms with E-state index in [9.17, 15) is 19.8 Å². The molecule has 0 saturated carbocycles. The first-order valence-corrected chi connectivity index (χ1v) is 15.1. The number of aliphatic hydroxyl groups excluding tert-OH is 1. The summed E-state index contributed by atoms with van der Waals surface area (Å²) in [7, 11) is 1.42. The number of nitrogens with zero attached hydrogens (tertiary/aromatic N) is 3. The Labute approximate surface area is 268 Å². The second-order valence-corrected chi connectivity index (χ2v) is 11.4. The maximum Gasteiger partial charge on any atom is 0.340 e. The first-order valence-electron chi connectivity index (χ1n) is 15.1. The predicted octanol–water partition coefficient (Wildman–Crippen LogP) is 6.00. The van der Waals surface area contributed by atoms with Crippen molar-refractivity contribution in [3.05, 3.63) is 75.7 Å². The molecule has 1 unspecified atom stereocenters. The second kappa shape index (κ2) is 17.5. The van der Waals surface area contributed by atoms with E-state index in [1.165, 1.54) is 13.2 Å². The fourth-order valence-corrected chi connectivity index (χ4v) is 4.97. The van der Waals surface area contributed by atoms with Gasteiger partial charge in [-0.3, -0.25) is 0 Å². The molecule has 1 heterocycles. The van der Waals surface area contributed by atoms with Gasteiger partial charge in [0.1, 0.15) is 29.3 Å². The van der Waals surface area contributed by atoms with E-state index < -0.39 is 42.1 Å². The van der Waals surface area contributed by atoms with Crippen molar-refractivity contribution in [2.45, 2.75) is 77.2 Å². The van der Waals surface area contributed by atoms with Gasteiger partial charge in [0, 0.05) is 18.1 Å². The second-order valence-electron chi connectivity index (χ2n) is 11.4. The molecule has 1 fully saturated rings. The summed E-state index contributed by atoms with van der Waals surface area (Å²) in [5.41, 5.74) is 9.13. The lowest BCUT2D eigenvalue weighted by atomic mass is 9.94. The number of carbonyl (C=O) groups excluding carboxylic acids is 1. The lowest BCUT2D eigenvalue weighted by Gasteiger charge is -2.28. The van der Waals surface area contributed by atoms with E-state index in [4.69, 9.17) is 34.0 Å². The standard InChI is InChI=1S/C33H43N3O10/c1-21(22(2)37)14-15-26(44-32(40)23-10-7-6-8-11-23)30-27(45-33(3,4)46-30)13-9-12-24-18-25(42-17-16-35-36-34)19-28(43-20-41-5)29(24)31(38)39/h6-12,18-19,21-22,26-27,30,37H,13-17,20H2,1-5H3,(H,38,39)/t21-,22+,26-,27?,30-/m1/s1. The van der Waals surface area contributed by atoms with Crippen LogP contribution in [-0.4, -0.2) is 79.4 Å². The molecule has 46 heavy (non-hydrogen) atoms. The molecule has 0 radical (unpaired) electrons. The zero-order valence-electron chi connectivity index (χ0n) is 26.8. The molecule has 5 atom stereocenters. The molecule has 2 aromatic carbocycles. The van der Waals surface area contributed by atoms with Gasteiger partial charge < -0.3 is 38.6 Å². The lowest BCUT2D eigenvalue weighted by molar-refractivity contribution is -0.156. The molecule has 1 aliphatic rings. The van der Waals surface area contributed by atoms with Crippen molar-refractivity contribution in [2.24, 2.45) is 11.0 Å². The van der Waals surface area contributed by atoms with Gasteiger partial charge in [-0.1, -0.05) is 42.4 Å². The van der Waals surface area contributed by atoms with E-state index in [-0.39, 0.29) is 43.6 Å². The van der Waals surface area contributed by atoms with Crippen LogP contribution in [-0.2, 0) is 18.9 Å². The number of rotatable bonds is 18. The Balaban J connectivity index is 1.90. The minimum atomic E-state index is -1.22. The number of carboxylic acids is 1. The van der Waals surface area contributed by atoms with Crippen LogP contribution >= 0.6 is 0 Å². The monoisotopic (exact) mass is 641 g/mol. The molecule has 2 N–H and O–H groups in total. The average molecular weight is 642 g/mol. The maximum absolute atomic E-state index is 13.1. The molecule has 0 bridgehead atoms. The Bertz CT molecular complexity index is 1380. The third-order valence-electron chi connectivity index (χ3n) is 7.43. The predicted molar refractivity (Wildman–Crippen MR) is 169 cm³/mol. The molecule has 1 aliphatic heterocycles. The summed E-state index contributed by atoms with van der Waals surface area (Å²) in [6.45, 7) is 7.17.